The van der Waals surface area contributed by atoms with Gasteiger partial charge in [0.2, 0.25) is 0 Å². The van der Waals surface area contributed by atoms with E-state index in [1.165, 1.54) is 7.11 Å². The van der Waals surface area contributed by atoms with Crippen molar-refractivity contribution in [1.29, 1.82) is 0 Å². The summed E-state index contributed by atoms with van der Waals surface area (Å²) in [6.45, 7) is 3.94. The molecule has 0 bridgehead atoms. The van der Waals surface area contributed by atoms with Gasteiger partial charge in [0.05, 0.1) is 12.7 Å². The molecule has 13 heavy (non-hydrogen) atoms. The second-order valence-corrected chi connectivity index (χ2v) is 4.38. The van der Waals surface area contributed by atoms with Crippen molar-refractivity contribution in [2.24, 2.45) is 5.92 Å². The van der Waals surface area contributed by atoms with Gasteiger partial charge < -0.3 is 4.74 Å². The van der Waals surface area contributed by atoms with E-state index in [0.717, 1.165) is 0 Å². The molecule has 0 aliphatic rings. The van der Waals surface area contributed by atoms with Crippen LogP contribution >= 0.6 is 7.91 Å². The molecule has 0 spiro atoms. The molecule has 2 atom stereocenters. The highest BCUT2D eigenvalue weighted by Gasteiger charge is 2.24. The zero-order valence-electron chi connectivity index (χ0n) is 8.07. The van der Waals surface area contributed by atoms with Gasteiger partial charge in [-0.3, -0.25) is 9.42 Å². The quantitative estimate of drug-likeness (QED) is 0.688. The van der Waals surface area contributed by atoms with Gasteiger partial charge in [-0.1, -0.05) is 13.8 Å². The molecule has 4 nitrogen and oxygen atoms in total. The molecule has 0 aliphatic carbocycles. The fourth-order valence-corrected chi connectivity index (χ4v) is 1.55. The lowest BCUT2D eigenvalue weighted by Gasteiger charge is -2.17. The van der Waals surface area contributed by atoms with E-state index in [0.29, 0.717) is 6.42 Å². The molecule has 0 aromatic carbocycles. The van der Waals surface area contributed by atoms with Gasteiger partial charge >= 0.3 is 7.91 Å². The number of hydrogen-bond donors (Lipinski definition) is 1. The fourth-order valence-electron chi connectivity index (χ4n) is 1.04. The van der Waals surface area contributed by atoms with Crippen LogP contribution in [0, 0.1) is 5.92 Å². The Bertz CT molecular complexity index is 179. The summed E-state index contributed by atoms with van der Waals surface area (Å²) < 4.78 is 31.6. The van der Waals surface area contributed by atoms with E-state index in [4.69, 9.17) is 9.63 Å². The molecule has 0 aromatic rings. The summed E-state index contributed by atoms with van der Waals surface area (Å²) in [5.41, 5.74) is 0. The van der Waals surface area contributed by atoms with Gasteiger partial charge in [-0.05, 0) is 12.3 Å². The van der Waals surface area contributed by atoms with Crippen LogP contribution in [0.5, 0.6) is 0 Å². The highest BCUT2D eigenvalue weighted by molar-refractivity contribution is 7.46. The molecular formula is C7H16FO4P. The number of ether oxygens (including phenoxy) is 1. The molecule has 80 valence electrons. The van der Waals surface area contributed by atoms with Crippen molar-refractivity contribution in [2.45, 2.75) is 26.4 Å². The molecule has 2 unspecified atom stereocenters. The van der Waals surface area contributed by atoms with Crippen molar-refractivity contribution in [3.63, 3.8) is 0 Å². The molecule has 6 heteroatoms. The first kappa shape index (κ1) is 13.0. The zero-order valence-corrected chi connectivity index (χ0v) is 8.96. The summed E-state index contributed by atoms with van der Waals surface area (Å²) in [6, 6.07) is 0. The van der Waals surface area contributed by atoms with Crippen LogP contribution in [0.15, 0.2) is 0 Å². The Morgan fingerprint density at radius 1 is 1.54 bits per heavy atom. The summed E-state index contributed by atoms with van der Waals surface area (Å²) in [7, 11) is -3.46. The van der Waals surface area contributed by atoms with E-state index >= 15 is 0 Å². The van der Waals surface area contributed by atoms with E-state index in [2.05, 4.69) is 4.52 Å². The molecule has 0 heterocycles. The third-order valence-electron chi connectivity index (χ3n) is 1.37. The van der Waals surface area contributed by atoms with E-state index in [9.17, 15) is 8.76 Å². The first-order chi connectivity index (χ1) is 5.85. The summed E-state index contributed by atoms with van der Waals surface area (Å²) in [4.78, 5) is 8.34. The SMILES string of the molecule is COCC(CC(C)C)OP(=O)(O)F. The summed E-state index contributed by atoms with van der Waals surface area (Å²) >= 11 is 0. The first-order valence-corrected chi connectivity index (χ1v) is 5.51. The Kier molecular flexibility index (Phi) is 5.72. The second kappa shape index (κ2) is 5.70. The van der Waals surface area contributed by atoms with Crippen LogP contribution in [-0.4, -0.2) is 24.7 Å². The maximum atomic E-state index is 12.2. The molecule has 1 N–H and O–H groups in total. The van der Waals surface area contributed by atoms with Gasteiger partial charge in [-0.25, -0.2) is 4.57 Å². The predicted octanol–water partition coefficient (Wildman–Crippen LogP) is 2.13. The van der Waals surface area contributed by atoms with Gasteiger partial charge in [-0.15, -0.1) is 4.20 Å². The van der Waals surface area contributed by atoms with Crippen molar-refractivity contribution in [1.82, 2.24) is 0 Å². The summed E-state index contributed by atoms with van der Waals surface area (Å²) in [5, 5.41) is 0. The Morgan fingerprint density at radius 3 is 2.38 bits per heavy atom. The first-order valence-electron chi connectivity index (χ1n) is 4.05. The smallest absolute Gasteiger partial charge is 0.382 e. The van der Waals surface area contributed by atoms with E-state index in [1.807, 2.05) is 13.8 Å². The third kappa shape index (κ3) is 8.37. The monoisotopic (exact) mass is 214 g/mol. The van der Waals surface area contributed by atoms with Gasteiger partial charge in [0, 0.05) is 7.11 Å². The summed E-state index contributed by atoms with van der Waals surface area (Å²) in [5.74, 6) is 0.256. The van der Waals surface area contributed by atoms with Crippen LogP contribution in [0.1, 0.15) is 20.3 Å². The number of halogens is 1. The zero-order chi connectivity index (χ0) is 10.5. The molecular weight excluding hydrogens is 198 g/mol. The molecule has 0 rings (SSSR count). The molecule has 0 saturated heterocycles. The minimum atomic E-state index is -4.89. The van der Waals surface area contributed by atoms with Crippen molar-refractivity contribution < 1.29 is 22.9 Å². The van der Waals surface area contributed by atoms with Crippen LogP contribution in [0.25, 0.3) is 0 Å². The van der Waals surface area contributed by atoms with Gasteiger partial charge in [-0.2, -0.15) is 0 Å². The lowest BCUT2D eigenvalue weighted by molar-refractivity contribution is 0.0522. The summed E-state index contributed by atoms with van der Waals surface area (Å²) in [6.07, 6.45) is -0.173. The Labute approximate surface area is 77.7 Å². The molecule has 0 amide bonds. The maximum absolute atomic E-state index is 12.2. The standard InChI is InChI=1S/C7H16FO4P/c1-6(2)4-7(5-11-3)12-13(8,9)10/h6-7H,4-5H2,1-3H3,(H,9,10). The highest BCUT2D eigenvalue weighted by atomic mass is 31.2. The molecule has 0 aromatic heterocycles. The van der Waals surface area contributed by atoms with Crippen LogP contribution in [-0.2, 0) is 13.8 Å². The normalized spacial score (nSPS) is 18.6. The minimum Gasteiger partial charge on any atom is -0.382 e. The lowest BCUT2D eigenvalue weighted by atomic mass is 10.1. The van der Waals surface area contributed by atoms with Crippen molar-refractivity contribution in [3.8, 4) is 0 Å². The van der Waals surface area contributed by atoms with E-state index in [-0.39, 0.29) is 12.5 Å². The predicted molar refractivity (Wildman–Crippen MR) is 47.1 cm³/mol. The lowest BCUT2D eigenvalue weighted by Crippen LogP contribution is -2.19. The van der Waals surface area contributed by atoms with E-state index in [1.54, 1.807) is 0 Å². The minimum absolute atomic E-state index is 0.118. The van der Waals surface area contributed by atoms with Crippen LogP contribution < -0.4 is 0 Å². The number of methoxy groups -OCH3 is 1. The fraction of sp³-hybridized carbons (Fsp3) is 1.00. The number of hydrogen-bond acceptors (Lipinski definition) is 3. The molecule has 0 fully saturated rings. The van der Waals surface area contributed by atoms with Crippen molar-refractivity contribution in [3.05, 3.63) is 0 Å². The second-order valence-electron chi connectivity index (χ2n) is 3.26. The molecule has 0 saturated carbocycles. The largest absolute Gasteiger partial charge is 0.510 e. The van der Waals surface area contributed by atoms with Crippen molar-refractivity contribution >= 4 is 7.91 Å². The Morgan fingerprint density at radius 2 is 2.08 bits per heavy atom. The van der Waals surface area contributed by atoms with E-state index < -0.39 is 14.0 Å². The van der Waals surface area contributed by atoms with Crippen LogP contribution in [0.2, 0.25) is 0 Å². The third-order valence-corrected chi connectivity index (χ3v) is 1.92. The number of rotatable bonds is 6. The average molecular weight is 214 g/mol. The van der Waals surface area contributed by atoms with Crippen LogP contribution in [0.4, 0.5) is 4.20 Å². The molecule has 0 radical (unpaired) electrons. The van der Waals surface area contributed by atoms with Gasteiger partial charge in [0.25, 0.3) is 0 Å². The van der Waals surface area contributed by atoms with Crippen LogP contribution in [0.3, 0.4) is 0 Å². The maximum Gasteiger partial charge on any atom is 0.510 e. The highest BCUT2D eigenvalue weighted by Crippen LogP contribution is 2.45. The van der Waals surface area contributed by atoms with Gasteiger partial charge in [0.15, 0.2) is 0 Å². The topological polar surface area (TPSA) is 55.8 Å². The Hall–Kier alpha value is 0.0400. The van der Waals surface area contributed by atoms with Crippen molar-refractivity contribution in [2.75, 3.05) is 13.7 Å². The van der Waals surface area contributed by atoms with Gasteiger partial charge in [0.1, 0.15) is 0 Å². The average Bonchev–Trinajstić information content (AvgIpc) is 1.81. The Balaban J connectivity index is 4.02. The molecule has 0 aliphatic heterocycles.